The highest BCUT2D eigenvalue weighted by molar-refractivity contribution is 6.40. The van der Waals surface area contributed by atoms with E-state index in [1.165, 1.54) is 19.3 Å². The van der Waals surface area contributed by atoms with Crippen LogP contribution in [0.15, 0.2) is 47.6 Å². The molecule has 2 N–H and O–H groups in total. The van der Waals surface area contributed by atoms with Crippen molar-refractivity contribution in [2.24, 2.45) is 16.9 Å². The minimum Gasteiger partial charge on any atom is -0.508 e. The van der Waals surface area contributed by atoms with Crippen LogP contribution < -0.4 is 10.4 Å². The van der Waals surface area contributed by atoms with Crippen molar-refractivity contribution in [1.29, 1.82) is 0 Å². The monoisotopic (exact) mass is 494 g/mol. The van der Waals surface area contributed by atoms with Crippen molar-refractivity contribution in [3.8, 4) is 5.75 Å². The Morgan fingerprint density at radius 3 is 2.41 bits per heavy atom. The number of carbonyl (C=O) groups is 1. The number of hydrogen-bond acceptors (Lipinski definition) is 5. The van der Waals surface area contributed by atoms with E-state index >= 15 is 0 Å². The first-order valence-electron chi connectivity index (χ1n) is 10.6. The van der Waals surface area contributed by atoms with Crippen LogP contribution in [0, 0.1) is 11.8 Å². The summed E-state index contributed by atoms with van der Waals surface area (Å²) < 4.78 is 0. The van der Waals surface area contributed by atoms with Gasteiger partial charge in [-0.2, -0.15) is 5.10 Å². The summed E-state index contributed by atoms with van der Waals surface area (Å²) in [4.78, 5) is 13.1. The van der Waals surface area contributed by atoms with Crippen molar-refractivity contribution in [2.75, 3.05) is 18.1 Å². The van der Waals surface area contributed by atoms with Crippen LogP contribution in [-0.2, 0) is 4.79 Å². The minimum absolute atomic E-state index is 0. The van der Waals surface area contributed by atoms with Crippen LogP contribution in [-0.4, -0.2) is 34.8 Å². The molecule has 2 aromatic rings. The number of anilines is 1. The lowest BCUT2D eigenvalue weighted by Crippen LogP contribution is -2.44. The Kier molecular flexibility index (Phi) is 6.86. The Morgan fingerprint density at radius 1 is 1.06 bits per heavy atom. The lowest BCUT2D eigenvalue weighted by molar-refractivity contribution is -0.119. The third kappa shape index (κ3) is 4.55. The summed E-state index contributed by atoms with van der Waals surface area (Å²) in [6.45, 7) is 1.83. The van der Waals surface area contributed by atoms with Gasteiger partial charge in [-0.05, 0) is 60.6 Å². The first-order chi connectivity index (χ1) is 15.0. The van der Waals surface area contributed by atoms with Gasteiger partial charge >= 0.3 is 0 Å². The number of fused-ring (bicyclic) bond motifs is 1. The molecule has 1 saturated heterocycles. The molecule has 1 saturated carbocycles. The molecular formula is C23H25Cl3N4O2. The van der Waals surface area contributed by atoms with Crippen LogP contribution in [0.1, 0.15) is 37.3 Å². The lowest BCUT2D eigenvalue weighted by Gasteiger charge is -2.25. The molecule has 0 bridgehead atoms. The van der Waals surface area contributed by atoms with Gasteiger partial charge in [0, 0.05) is 24.5 Å². The third-order valence-electron chi connectivity index (χ3n) is 6.59. The third-order valence-corrected chi connectivity index (χ3v) is 7.13. The summed E-state index contributed by atoms with van der Waals surface area (Å²) in [5.74, 6) is 1.41. The van der Waals surface area contributed by atoms with E-state index < -0.39 is 0 Å². The van der Waals surface area contributed by atoms with Gasteiger partial charge in [0.15, 0.2) is 0 Å². The number of nitrogens with zero attached hydrogens (tertiary/aromatic N) is 3. The summed E-state index contributed by atoms with van der Waals surface area (Å²) in [6.07, 6.45) is 4.25. The molecule has 2 aromatic carbocycles. The normalized spacial score (nSPS) is 24.8. The smallest absolute Gasteiger partial charge is 0.281 e. The van der Waals surface area contributed by atoms with Gasteiger partial charge in [-0.3, -0.25) is 15.2 Å². The van der Waals surface area contributed by atoms with Gasteiger partial charge in [0.2, 0.25) is 0 Å². The molecule has 32 heavy (non-hydrogen) atoms. The zero-order valence-corrected chi connectivity index (χ0v) is 19.7. The molecule has 5 rings (SSSR count). The predicted octanol–water partition coefficient (Wildman–Crippen LogP) is 5.19. The summed E-state index contributed by atoms with van der Waals surface area (Å²) >= 11 is 12.5. The van der Waals surface area contributed by atoms with E-state index in [2.05, 4.69) is 10.5 Å². The molecule has 2 fully saturated rings. The van der Waals surface area contributed by atoms with Crippen molar-refractivity contribution < 1.29 is 9.90 Å². The average molecular weight is 496 g/mol. The summed E-state index contributed by atoms with van der Waals surface area (Å²) in [5.41, 5.74) is 5.15. The summed E-state index contributed by atoms with van der Waals surface area (Å²) in [7, 11) is 0. The van der Waals surface area contributed by atoms with Crippen LogP contribution in [0.3, 0.4) is 0 Å². The van der Waals surface area contributed by atoms with Crippen molar-refractivity contribution >= 4 is 52.9 Å². The molecule has 3 atom stereocenters. The molecule has 170 valence electrons. The number of aromatic hydroxyl groups is 1. The highest BCUT2D eigenvalue weighted by atomic mass is 35.5. The summed E-state index contributed by atoms with van der Waals surface area (Å²) in [5, 5.41) is 19.2. The second-order valence-electron chi connectivity index (χ2n) is 8.60. The van der Waals surface area contributed by atoms with E-state index in [4.69, 9.17) is 23.2 Å². The SMILES string of the molecule is Cl.O=C(NN1CC2CCCC2C1)C1=NN(c2ccc(Cl)cc2Cl)C(c2ccc(O)cc2)C1. The zero-order chi connectivity index (χ0) is 21.5. The number of hydrogen-bond donors (Lipinski definition) is 2. The molecule has 1 amide bonds. The van der Waals surface area contributed by atoms with Gasteiger partial charge in [0.1, 0.15) is 11.5 Å². The van der Waals surface area contributed by atoms with Gasteiger partial charge in [-0.1, -0.05) is 41.8 Å². The number of halogens is 3. The molecule has 0 aromatic heterocycles. The maximum Gasteiger partial charge on any atom is 0.281 e. The Morgan fingerprint density at radius 2 is 1.75 bits per heavy atom. The number of phenols is 1. The van der Waals surface area contributed by atoms with Crippen LogP contribution >= 0.6 is 35.6 Å². The fraction of sp³-hybridized carbons (Fsp3) is 0.391. The molecule has 0 radical (unpaired) electrons. The Hall–Kier alpha value is -1.99. The fourth-order valence-electron chi connectivity index (χ4n) is 5.03. The number of nitrogens with one attached hydrogen (secondary N) is 1. The number of hydrazine groups is 1. The van der Waals surface area contributed by atoms with Gasteiger partial charge in [-0.25, -0.2) is 5.01 Å². The van der Waals surface area contributed by atoms with Crippen molar-refractivity contribution in [3.05, 3.63) is 58.1 Å². The molecule has 1 aliphatic carbocycles. The van der Waals surface area contributed by atoms with Crippen molar-refractivity contribution in [3.63, 3.8) is 0 Å². The van der Waals surface area contributed by atoms with Crippen LogP contribution in [0.5, 0.6) is 5.75 Å². The summed E-state index contributed by atoms with van der Waals surface area (Å²) in [6, 6.07) is 12.0. The standard InChI is InChI=1S/C23H24Cl2N4O2.ClH/c24-17-6-9-21(19(25)10-17)29-22(14-4-7-18(30)8-5-14)11-20(26-29)23(31)27-28-12-15-2-1-3-16(15)13-28;/h4-10,15-16,22,30H,1-3,11-13H2,(H,27,31);1H. The molecule has 2 aliphatic heterocycles. The minimum atomic E-state index is -0.210. The van der Waals surface area contributed by atoms with E-state index in [1.807, 2.05) is 23.2 Å². The predicted molar refractivity (Wildman–Crippen MR) is 130 cm³/mol. The number of rotatable bonds is 4. The van der Waals surface area contributed by atoms with E-state index in [0.29, 0.717) is 39.7 Å². The Balaban J connectivity index is 0.00000245. The number of benzene rings is 2. The molecule has 9 heteroatoms. The van der Waals surface area contributed by atoms with E-state index in [9.17, 15) is 9.90 Å². The molecule has 0 spiro atoms. The van der Waals surface area contributed by atoms with Gasteiger partial charge in [-0.15, -0.1) is 12.4 Å². The van der Waals surface area contributed by atoms with E-state index in [-0.39, 0.29) is 30.1 Å². The number of phenolic OH excluding ortho intramolecular Hbond substituents is 1. The topological polar surface area (TPSA) is 68.2 Å². The fourth-order valence-corrected chi connectivity index (χ4v) is 5.52. The quantitative estimate of drug-likeness (QED) is 0.612. The lowest BCUT2D eigenvalue weighted by atomic mass is 10.0. The Bertz CT molecular complexity index is 1020. The Labute approximate surface area is 203 Å². The molecule has 3 unspecified atom stereocenters. The van der Waals surface area contributed by atoms with Gasteiger partial charge in [0.25, 0.3) is 5.91 Å². The average Bonchev–Trinajstić information content (AvgIpc) is 3.43. The largest absolute Gasteiger partial charge is 0.508 e. The van der Waals surface area contributed by atoms with Crippen molar-refractivity contribution in [1.82, 2.24) is 10.4 Å². The highest BCUT2D eigenvalue weighted by Gasteiger charge is 2.38. The van der Waals surface area contributed by atoms with Crippen molar-refractivity contribution in [2.45, 2.75) is 31.7 Å². The van der Waals surface area contributed by atoms with Crippen LogP contribution in [0.2, 0.25) is 10.0 Å². The molecule has 3 aliphatic rings. The maximum atomic E-state index is 13.1. The van der Waals surface area contributed by atoms with E-state index in [0.717, 1.165) is 18.7 Å². The second-order valence-corrected chi connectivity index (χ2v) is 9.44. The first kappa shape index (κ1) is 23.2. The van der Waals surface area contributed by atoms with E-state index in [1.54, 1.807) is 29.3 Å². The molecule has 2 heterocycles. The van der Waals surface area contributed by atoms with Crippen LogP contribution in [0.4, 0.5) is 5.69 Å². The van der Waals surface area contributed by atoms with Gasteiger partial charge < -0.3 is 5.11 Å². The maximum absolute atomic E-state index is 13.1. The number of carbonyl (C=O) groups excluding carboxylic acids is 1. The molecule has 6 nitrogen and oxygen atoms in total. The molecular weight excluding hydrogens is 471 g/mol. The number of amides is 1. The first-order valence-corrected chi connectivity index (χ1v) is 11.4. The highest BCUT2D eigenvalue weighted by Crippen LogP contribution is 2.40. The number of hydrazone groups is 1. The second kappa shape index (κ2) is 9.48. The van der Waals surface area contributed by atoms with Gasteiger partial charge in [0.05, 0.1) is 16.8 Å². The zero-order valence-electron chi connectivity index (χ0n) is 17.4. The van der Waals surface area contributed by atoms with Crippen LogP contribution in [0.25, 0.3) is 0 Å².